The van der Waals surface area contributed by atoms with Crippen LogP contribution < -0.4 is 4.90 Å². The van der Waals surface area contributed by atoms with Gasteiger partial charge >= 0.3 is 24.1 Å². The number of anilines is 1. The van der Waals surface area contributed by atoms with E-state index in [0.29, 0.717) is 10.5 Å². The van der Waals surface area contributed by atoms with Crippen molar-refractivity contribution in [2.75, 3.05) is 19.1 Å². The summed E-state index contributed by atoms with van der Waals surface area (Å²) in [5.41, 5.74) is -1.29. The average molecular weight is 453 g/mol. The van der Waals surface area contributed by atoms with E-state index < -0.39 is 41.2 Å². The van der Waals surface area contributed by atoms with E-state index in [1.54, 1.807) is 47.6 Å². The van der Waals surface area contributed by atoms with Crippen LogP contribution in [0.15, 0.2) is 18.3 Å². The molecule has 0 radical (unpaired) electrons. The number of esters is 2. The predicted octanol–water partition coefficient (Wildman–Crippen LogP) is 3.97. The number of pyridine rings is 1. The van der Waals surface area contributed by atoms with Gasteiger partial charge in [0.1, 0.15) is 17.0 Å². The summed E-state index contributed by atoms with van der Waals surface area (Å²) in [6.07, 6.45) is -0.835. The number of hydrogen-bond donors (Lipinski definition) is 0. The fraction of sp³-hybridized carbons (Fsp3) is 0.591. The molecule has 178 valence electrons. The first kappa shape index (κ1) is 26.9. The van der Waals surface area contributed by atoms with Gasteiger partial charge in [-0.1, -0.05) is 0 Å². The van der Waals surface area contributed by atoms with Crippen molar-refractivity contribution in [3.8, 4) is 0 Å². The summed E-state index contributed by atoms with van der Waals surface area (Å²) in [5, 5.41) is 0. The van der Waals surface area contributed by atoms with Gasteiger partial charge in [-0.15, -0.1) is 0 Å². The van der Waals surface area contributed by atoms with Gasteiger partial charge in [0.25, 0.3) is 0 Å². The smallest absolute Gasteiger partial charge is 0.425 e. The van der Waals surface area contributed by atoms with E-state index in [2.05, 4.69) is 4.98 Å². The van der Waals surface area contributed by atoms with Crippen LogP contribution in [0.3, 0.4) is 0 Å². The highest BCUT2D eigenvalue weighted by atomic mass is 16.6. The van der Waals surface area contributed by atoms with Crippen molar-refractivity contribution in [3.05, 3.63) is 23.9 Å². The first-order valence-corrected chi connectivity index (χ1v) is 10.0. The molecule has 0 unspecified atom stereocenters. The summed E-state index contributed by atoms with van der Waals surface area (Å²) in [7, 11) is 2.48. The Bertz CT molecular complexity index is 793. The SMILES string of the molecule is COC(=O)CC(CC(=O)OC)c1ccnc(N(C(=O)OC(C)(C)C)C(=O)OC(C)(C)C)c1. The fourth-order valence-electron chi connectivity index (χ4n) is 2.56. The number of nitrogens with zero attached hydrogens (tertiary/aromatic N) is 2. The molecule has 1 aromatic heterocycles. The number of ether oxygens (including phenoxy) is 4. The quantitative estimate of drug-likeness (QED) is 0.466. The lowest BCUT2D eigenvalue weighted by Gasteiger charge is -2.28. The summed E-state index contributed by atoms with van der Waals surface area (Å²) in [5.74, 6) is -1.77. The Kier molecular flexibility index (Phi) is 9.17. The van der Waals surface area contributed by atoms with Crippen molar-refractivity contribution < 1.29 is 38.1 Å². The number of hydrogen-bond acceptors (Lipinski definition) is 9. The zero-order valence-electron chi connectivity index (χ0n) is 19.9. The lowest BCUT2D eigenvalue weighted by molar-refractivity contribution is -0.143. The Morgan fingerprint density at radius 3 is 1.69 bits per heavy atom. The summed E-state index contributed by atoms with van der Waals surface area (Å²) in [6.45, 7) is 9.95. The summed E-state index contributed by atoms with van der Waals surface area (Å²) in [4.78, 5) is 54.2. The molecule has 0 fully saturated rings. The number of imide groups is 1. The zero-order chi connectivity index (χ0) is 24.7. The molecule has 0 N–H and O–H groups in total. The van der Waals surface area contributed by atoms with Crippen molar-refractivity contribution in [1.29, 1.82) is 0 Å². The van der Waals surface area contributed by atoms with Crippen LogP contribution in [0.25, 0.3) is 0 Å². The van der Waals surface area contributed by atoms with E-state index in [1.165, 1.54) is 26.5 Å². The van der Waals surface area contributed by atoms with Crippen LogP contribution in [0.5, 0.6) is 0 Å². The molecule has 1 aromatic rings. The molecule has 0 aliphatic carbocycles. The molecule has 0 saturated heterocycles. The van der Waals surface area contributed by atoms with Crippen molar-refractivity contribution in [3.63, 3.8) is 0 Å². The topological polar surface area (TPSA) is 121 Å². The van der Waals surface area contributed by atoms with Gasteiger partial charge < -0.3 is 18.9 Å². The van der Waals surface area contributed by atoms with Gasteiger partial charge in [-0.2, -0.15) is 4.90 Å². The van der Waals surface area contributed by atoms with Gasteiger partial charge in [0.15, 0.2) is 0 Å². The molecule has 0 spiro atoms. The number of methoxy groups -OCH3 is 2. The summed E-state index contributed by atoms with van der Waals surface area (Å²) >= 11 is 0. The van der Waals surface area contributed by atoms with Gasteiger partial charge in [-0.05, 0) is 59.2 Å². The maximum Gasteiger partial charge on any atom is 0.425 e. The Morgan fingerprint density at radius 1 is 0.875 bits per heavy atom. The van der Waals surface area contributed by atoms with Crippen molar-refractivity contribution in [2.24, 2.45) is 0 Å². The van der Waals surface area contributed by atoms with Gasteiger partial charge in [-0.3, -0.25) is 9.59 Å². The van der Waals surface area contributed by atoms with Crippen molar-refractivity contribution in [1.82, 2.24) is 4.98 Å². The number of amides is 2. The molecule has 1 rings (SSSR count). The minimum atomic E-state index is -0.978. The average Bonchev–Trinajstić information content (AvgIpc) is 2.64. The molecule has 32 heavy (non-hydrogen) atoms. The predicted molar refractivity (Wildman–Crippen MR) is 115 cm³/mol. The first-order chi connectivity index (χ1) is 14.7. The van der Waals surface area contributed by atoms with Gasteiger partial charge in [0.05, 0.1) is 27.1 Å². The van der Waals surface area contributed by atoms with E-state index in [-0.39, 0.29) is 18.7 Å². The second-order valence-corrected chi connectivity index (χ2v) is 9.00. The highest BCUT2D eigenvalue weighted by molar-refractivity contribution is 6.08. The molecular weight excluding hydrogens is 420 g/mol. The molecule has 0 aliphatic heterocycles. The molecule has 0 atom stereocenters. The Morgan fingerprint density at radius 2 is 1.31 bits per heavy atom. The van der Waals surface area contributed by atoms with E-state index in [9.17, 15) is 19.2 Å². The Labute approximate surface area is 188 Å². The highest BCUT2D eigenvalue weighted by Gasteiger charge is 2.34. The van der Waals surface area contributed by atoms with E-state index in [4.69, 9.17) is 18.9 Å². The lowest BCUT2D eigenvalue weighted by Crippen LogP contribution is -2.44. The maximum atomic E-state index is 12.8. The van der Waals surface area contributed by atoms with E-state index >= 15 is 0 Å². The normalized spacial score (nSPS) is 11.5. The molecule has 0 aromatic carbocycles. The molecule has 0 bridgehead atoms. The van der Waals surface area contributed by atoms with E-state index in [0.717, 1.165) is 0 Å². The largest absolute Gasteiger partial charge is 0.469 e. The zero-order valence-corrected chi connectivity index (χ0v) is 19.9. The standard InChI is InChI=1S/C22H32N2O8/c1-21(2,3)31-19(27)24(20(28)32-22(4,5)6)16-11-14(9-10-23-16)15(12-17(25)29-7)13-18(26)30-8/h9-11,15H,12-13H2,1-8H3. The second kappa shape index (κ2) is 10.9. The third-order valence-corrected chi connectivity index (χ3v) is 3.90. The molecule has 0 aliphatic rings. The number of carbonyl (C=O) groups excluding carboxylic acids is 4. The van der Waals surface area contributed by atoms with Gasteiger partial charge in [0, 0.05) is 12.1 Å². The minimum absolute atomic E-state index is 0.0780. The van der Waals surface area contributed by atoms with Gasteiger partial charge in [0.2, 0.25) is 0 Å². The van der Waals surface area contributed by atoms with Crippen LogP contribution in [-0.2, 0) is 28.5 Å². The van der Waals surface area contributed by atoms with E-state index in [1.807, 2.05) is 0 Å². The number of aromatic nitrogens is 1. The van der Waals surface area contributed by atoms with Crippen molar-refractivity contribution >= 4 is 29.9 Å². The first-order valence-electron chi connectivity index (χ1n) is 10.0. The molecule has 1 heterocycles. The van der Waals surface area contributed by atoms with Gasteiger partial charge in [-0.25, -0.2) is 14.6 Å². The summed E-state index contributed by atoms with van der Waals surface area (Å²) in [6, 6.07) is 2.99. The minimum Gasteiger partial charge on any atom is -0.469 e. The third-order valence-electron chi connectivity index (χ3n) is 3.90. The third kappa shape index (κ3) is 8.91. The molecular formula is C22H32N2O8. The lowest BCUT2D eigenvalue weighted by atomic mass is 9.93. The van der Waals surface area contributed by atoms with Crippen LogP contribution in [0.1, 0.15) is 65.9 Å². The number of carbonyl (C=O) groups is 4. The maximum absolute atomic E-state index is 12.8. The Hall–Kier alpha value is -3.17. The van der Waals surface area contributed by atoms with Crippen LogP contribution in [0.4, 0.5) is 15.4 Å². The molecule has 2 amide bonds. The van der Waals surface area contributed by atoms with Crippen LogP contribution >= 0.6 is 0 Å². The van der Waals surface area contributed by atoms with Crippen LogP contribution in [0, 0.1) is 0 Å². The summed E-state index contributed by atoms with van der Waals surface area (Å²) < 4.78 is 20.1. The molecule has 10 nitrogen and oxygen atoms in total. The monoisotopic (exact) mass is 452 g/mol. The second-order valence-electron chi connectivity index (χ2n) is 9.00. The Balaban J connectivity index is 3.42. The fourth-order valence-corrected chi connectivity index (χ4v) is 2.56. The number of rotatable bonds is 6. The molecule has 0 saturated carbocycles. The van der Waals surface area contributed by atoms with Crippen LogP contribution in [-0.4, -0.2) is 54.5 Å². The van der Waals surface area contributed by atoms with Crippen molar-refractivity contribution in [2.45, 2.75) is 71.5 Å². The van der Waals surface area contributed by atoms with Crippen LogP contribution in [0.2, 0.25) is 0 Å². The molecule has 10 heteroatoms. The highest BCUT2D eigenvalue weighted by Crippen LogP contribution is 2.28.